The standard InChI is InChI=1S/C14H17ClN4OS/c1-20-8-2-7-16-14(21)17-13-9-12(18-19-13)10-3-5-11(15)6-4-10/h3-6,9H,2,7-8H2,1H3,(H3,16,17,18,19,21). The van der Waals surface area contributed by atoms with Crippen LogP contribution in [0.3, 0.4) is 0 Å². The number of nitrogens with zero attached hydrogens (tertiary/aromatic N) is 1. The maximum atomic E-state index is 5.87. The molecule has 21 heavy (non-hydrogen) atoms. The van der Waals surface area contributed by atoms with Crippen molar-refractivity contribution >= 4 is 34.7 Å². The average Bonchev–Trinajstić information content (AvgIpc) is 2.93. The summed E-state index contributed by atoms with van der Waals surface area (Å²) in [7, 11) is 1.68. The van der Waals surface area contributed by atoms with Crippen LogP contribution >= 0.6 is 23.8 Å². The average molecular weight is 325 g/mol. The van der Waals surface area contributed by atoms with Crippen LogP contribution in [0.4, 0.5) is 5.82 Å². The summed E-state index contributed by atoms with van der Waals surface area (Å²) in [5, 5.41) is 14.5. The lowest BCUT2D eigenvalue weighted by atomic mass is 10.1. The van der Waals surface area contributed by atoms with Crippen molar-refractivity contribution < 1.29 is 4.74 Å². The number of anilines is 1. The molecule has 1 heterocycles. The maximum Gasteiger partial charge on any atom is 0.171 e. The molecule has 0 saturated heterocycles. The first kappa shape index (κ1) is 15.8. The fraction of sp³-hybridized carbons (Fsp3) is 0.286. The number of methoxy groups -OCH3 is 1. The molecule has 0 bridgehead atoms. The van der Waals surface area contributed by atoms with Gasteiger partial charge in [-0.05, 0) is 36.3 Å². The van der Waals surface area contributed by atoms with Gasteiger partial charge in [0.15, 0.2) is 10.9 Å². The molecule has 0 fully saturated rings. The molecule has 0 spiro atoms. The Kier molecular flexibility index (Phi) is 5.98. The van der Waals surface area contributed by atoms with Crippen LogP contribution in [0.5, 0.6) is 0 Å². The van der Waals surface area contributed by atoms with Crippen molar-refractivity contribution in [1.29, 1.82) is 0 Å². The molecule has 0 radical (unpaired) electrons. The third kappa shape index (κ3) is 5.00. The highest BCUT2D eigenvalue weighted by Crippen LogP contribution is 2.21. The second-order valence-electron chi connectivity index (χ2n) is 4.40. The number of benzene rings is 1. The van der Waals surface area contributed by atoms with Crippen LogP contribution in [0.2, 0.25) is 5.02 Å². The summed E-state index contributed by atoms with van der Waals surface area (Å²) in [6.45, 7) is 1.47. The molecule has 0 saturated carbocycles. The molecule has 0 aliphatic rings. The summed E-state index contributed by atoms with van der Waals surface area (Å²) in [6.07, 6.45) is 0.898. The van der Waals surface area contributed by atoms with Gasteiger partial charge < -0.3 is 15.4 Å². The van der Waals surface area contributed by atoms with E-state index in [2.05, 4.69) is 20.8 Å². The van der Waals surface area contributed by atoms with Gasteiger partial charge in [0.05, 0.1) is 5.69 Å². The van der Waals surface area contributed by atoms with Crippen molar-refractivity contribution in [2.45, 2.75) is 6.42 Å². The van der Waals surface area contributed by atoms with Crippen LogP contribution in [0.25, 0.3) is 11.3 Å². The van der Waals surface area contributed by atoms with Gasteiger partial charge in [0.25, 0.3) is 0 Å². The maximum absolute atomic E-state index is 5.87. The van der Waals surface area contributed by atoms with Crippen molar-refractivity contribution in [3.8, 4) is 11.3 Å². The van der Waals surface area contributed by atoms with Crippen LogP contribution in [-0.2, 0) is 4.74 Å². The summed E-state index contributed by atoms with van der Waals surface area (Å²) in [4.78, 5) is 0. The van der Waals surface area contributed by atoms with Crippen molar-refractivity contribution in [2.75, 3.05) is 25.6 Å². The van der Waals surface area contributed by atoms with E-state index in [1.165, 1.54) is 0 Å². The van der Waals surface area contributed by atoms with Gasteiger partial charge in [0, 0.05) is 31.4 Å². The van der Waals surface area contributed by atoms with Gasteiger partial charge in [-0.25, -0.2) is 0 Å². The van der Waals surface area contributed by atoms with Gasteiger partial charge in [0.1, 0.15) is 0 Å². The minimum Gasteiger partial charge on any atom is -0.385 e. The first-order valence-corrected chi connectivity index (χ1v) is 7.33. The normalized spacial score (nSPS) is 10.4. The van der Waals surface area contributed by atoms with E-state index in [0.29, 0.717) is 22.6 Å². The number of nitrogens with one attached hydrogen (secondary N) is 3. The predicted octanol–water partition coefficient (Wildman–Crippen LogP) is 3.05. The molecule has 2 aromatic rings. The summed E-state index contributed by atoms with van der Waals surface area (Å²) in [5.74, 6) is 0.671. The largest absolute Gasteiger partial charge is 0.385 e. The SMILES string of the molecule is COCCCNC(=S)Nc1cc(-c2ccc(Cl)cc2)[nH]n1. The lowest BCUT2D eigenvalue weighted by Gasteiger charge is -2.07. The van der Waals surface area contributed by atoms with E-state index in [-0.39, 0.29) is 0 Å². The van der Waals surface area contributed by atoms with Crippen molar-refractivity contribution in [2.24, 2.45) is 0 Å². The molecule has 0 aliphatic carbocycles. The number of H-pyrrole nitrogens is 1. The second-order valence-corrected chi connectivity index (χ2v) is 5.25. The van der Waals surface area contributed by atoms with E-state index in [1.807, 2.05) is 30.3 Å². The number of hydrogen-bond acceptors (Lipinski definition) is 3. The lowest BCUT2D eigenvalue weighted by molar-refractivity contribution is 0.196. The molecule has 1 aromatic heterocycles. The number of rotatable bonds is 6. The minimum atomic E-state index is 0.542. The van der Waals surface area contributed by atoms with Crippen LogP contribution < -0.4 is 10.6 Å². The molecule has 5 nitrogen and oxygen atoms in total. The zero-order valence-electron chi connectivity index (χ0n) is 11.6. The molecule has 0 atom stereocenters. The Morgan fingerprint density at radius 1 is 1.38 bits per heavy atom. The predicted molar refractivity (Wildman–Crippen MR) is 89.8 cm³/mol. The monoisotopic (exact) mass is 324 g/mol. The highest BCUT2D eigenvalue weighted by molar-refractivity contribution is 7.80. The third-order valence-electron chi connectivity index (χ3n) is 2.79. The molecule has 1 aromatic carbocycles. The molecule has 2 rings (SSSR count). The third-order valence-corrected chi connectivity index (χ3v) is 3.28. The Hall–Kier alpha value is -1.63. The smallest absolute Gasteiger partial charge is 0.171 e. The minimum absolute atomic E-state index is 0.542. The molecule has 3 N–H and O–H groups in total. The van der Waals surface area contributed by atoms with E-state index < -0.39 is 0 Å². The van der Waals surface area contributed by atoms with Crippen molar-refractivity contribution in [1.82, 2.24) is 15.5 Å². The van der Waals surface area contributed by atoms with Gasteiger partial charge in [-0.3, -0.25) is 5.10 Å². The molecule has 112 valence electrons. The Bertz CT molecular complexity index is 585. The van der Waals surface area contributed by atoms with Gasteiger partial charge in [-0.15, -0.1) is 0 Å². The van der Waals surface area contributed by atoms with Crippen LogP contribution in [0, 0.1) is 0 Å². The number of thiocarbonyl (C=S) groups is 1. The van der Waals surface area contributed by atoms with Crippen molar-refractivity contribution in [3.05, 3.63) is 35.4 Å². The number of aromatic nitrogens is 2. The summed E-state index contributed by atoms with van der Waals surface area (Å²) in [5.41, 5.74) is 1.91. The zero-order chi connectivity index (χ0) is 15.1. The van der Waals surface area contributed by atoms with Crippen molar-refractivity contribution in [3.63, 3.8) is 0 Å². The quantitative estimate of drug-likeness (QED) is 0.563. The molecular formula is C14H17ClN4OS. The highest BCUT2D eigenvalue weighted by Gasteiger charge is 2.05. The Labute approximate surface area is 134 Å². The number of halogens is 1. The summed E-state index contributed by atoms with van der Waals surface area (Å²) < 4.78 is 4.97. The van der Waals surface area contributed by atoms with Gasteiger partial charge >= 0.3 is 0 Å². The van der Waals surface area contributed by atoms with E-state index >= 15 is 0 Å². The number of aromatic amines is 1. The van der Waals surface area contributed by atoms with E-state index in [4.69, 9.17) is 28.6 Å². The Balaban J connectivity index is 1.88. The zero-order valence-corrected chi connectivity index (χ0v) is 13.2. The fourth-order valence-electron chi connectivity index (χ4n) is 1.74. The molecular weight excluding hydrogens is 308 g/mol. The fourth-order valence-corrected chi connectivity index (χ4v) is 2.07. The van der Waals surface area contributed by atoms with Crippen LogP contribution in [-0.4, -0.2) is 35.6 Å². The molecule has 0 amide bonds. The van der Waals surface area contributed by atoms with E-state index in [0.717, 1.165) is 24.2 Å². The Morgan fingerprint density at radius 2 is 2.14 bits per heavy atom. The van der Waals surface area contributed by atoms with E-state index in [1.54, 1.807) is 7.11 Å². The second kappa shape index (κ2) is 7.97. The summed E-state index contributed by atoms with van der Waals surface area (Å²) >= 11 is 11.1. The van der Waals surface area contributed by atoms with Gasteiger partial charge in [-0.2, -0.15) is 5.10 Å². The van der Waals surface area contributed by atoms with Gasteiger partial charge in [0.2, 0.25) is 0 Å². The van der Waals surface area contributed by atoms with Crippen LogP contribution in [0.15, 0.2) is 30.3 Å². The molecule has 7 heteroatoms. The highest BCUT2D eigenvalue weighted by atomic mass is 35.5. The number of ether oxygens (including phenoxy) is 1. The molecule has 0 aliphatic heterocycles. The van der Waals surface area contributed by atoms with Gasteiger partial charge in [-0.1, -0.05) is 23.7 Å². The van der Waals surface area contributed by atoms with Crippen LogP contribution in [0.1, 0.15) is 6.42 Å². The topological polar surface area (TPSA) is 62.0 Å². The molecule has 0 unspecified atom stereocenters. The number of hydrogen-bond donors (Lipinski definition) is 3. The lowest BCUT2D eigenvalue weighted by Crippen LogP contribution is -2.29. The first-order chi connectivity index (χ1) is 10.2. The first-order valence-electron chi connectivity index (χ1n) is 6.54. The Morgan fingerprint density at radius 3 is 2.86 bits per heavy atom. The van der Waals surface area contributed by atoms with E-state index in [9.17, 15) is 0 Å². The summed E-state index contributed by atoms with van der Waals surface area (Å²) in [6, 6.07) is 9.44.